The molecule has 1 unspecified atom stereocenters. The molecule has 1 aromatic carbocycles. The molecule has 0 bridgehead atoms. The Labute approximate surface area is 90.9 Å². The van der Waals surface area contributed by atoms with Crippen molar-refractivity contribution >= 4 is 0 Å². The fourth-order valence-corrected chi connectivity index (χ4v) is 2.30. The van der Waals surface area contributed by atoms with Crippen molar-refractivity contribution in [2.45, 2.75) is 38.5 Å². The highest BCUT2D eigenvalue weighted by Crippen LogP contribution is 2.31. The first-order valence-corrected chi connectivity index (χ1v) is 5.51. The summed E-state index contributed by atoms with van der Waals surface area (Å²) in [4.78, 5) is 2.23. The topological polar surface area (TPSA) is 3.24 Å². The molecule has 0 N–H and O–H groups in total. The van der Waals surface area contributed by atoms with Crippen LogP contribution in [0.2, 0.25) is 0 Å². The van der Waals surface area contributed by atoms with Gasteiger partial charge in [-0.05, 0) is 25.8 Å². The maximum absolute atomic E-state index is 13.3. The number of benzene rings is 1. The van der Waals surface area contributed by atoms with E-state index < -0.39 is 6.17 Å². The Morgan fingerprint density at radius 3 is 2.53 bits per heavy atom. The molecule has 0 spiro atoms. The lowest BCUT2D eigenvalue weighted by molar-refractivity contribution is 0.165. The highest BCUT2D eigenvalue weighted by molar-refractivity contribution is 5.15. The van der Waals surface area contributed by atoms with Gasteiger partial charge in [0.2, 0.25) is 0 Å². The van der Waals surface area contributed by atoms with Crippen molar-refractivity contribution in [1.82, 2.24) is 4.90 Å². The smallest absolute Gasteiger partial charge is 0.115 e. The maximum Gasteiger partial charge on any atom is 0.115 e. The van der Waals surface area contributed by atoms with Crippen molar-refractivity contribution in [1.29, 1.82) is 0 Å². The zero-order valence-electron chi connectivity index (χ0n) is 9.41. The minimum Gasteiger partial charge on any atom is -0.291 e. The third-order valence-electron chi connectivity index (χ3n) is 3.21. The van der Waals surface area contributed by atoms with Crippen molar-refractivity contribution in [2.24, 2.45) is 0 Å². The van der Waals surface area contributed by atoms with E-state index in [9.17, 15) is 4.39 Å². The Morgan fingerprint density at radius 1 is 1.33 bits per heavy atom. The van der Waals surface area contributed by atoms with E-state index in [0.717, 1.165) is 6.54 Å². The molecule has 1 aliphatic heterocycles. The predicted molar refractivity (Wildman–Crippen MR) is 60.4 cm³/mol. The first kappa shape index (κ1) is 10.6. The second-order valence-corrected chi connectivity index (χ2v) is 4.98. The summed E-state index contributed by atoms with van der Waals surface area (Å²) in [5.74, 6) is 0. The van der Waals surface area contributed by atoms with Crippen LogP contribution in [-0.4, -0.2) is 23.2 Å². The van der Waals surface area contributed by atoms with E-state index in [1.165, 1.54) is 5.56 Å². The molecule has 2 rings (SSSR count). The molecular formula is C13H18FN. The summed E-state index contributed by atoms with van der Waals surface area (Å²) in [6.07, 6.45) is -0.0106. The minimum absolute atomic E-state index is 0.00470. The third kappa shape index (κ3) is 2.37. The van der Waals surface area contributed by atoms with Gasteiger partial charge < -0.3 is 0 Å². The molecule has 1 nitrogen and oxygen atoms in total. The van der Waals surface area contributed by atoms with Crippen LogP contribution in [-0.2, 0) is 6.54 Å². The van der Waals surface area contributed by atoms with Gasteiger partial charge in [-0.1, -0.05) is 30.3 Å². The number of alkyl halides is 1. The molecule has 1 heterocycles. The lowest BCUT2D eigenvalue weighted by Crippen LogP contribution is -2.37. The van der Waals surface area contributed by atoms with Gasteiger partial charge in [0, 0.05) is 18.6 Å². The van der Waals surface area contributed by atoms with E-state index in [0.29, 0.717) is 13.0 Å². The number of hydrogen-bond acceptors (Lipinski definition) is 1. The van der Waals surface area contributed by atoms with Gasteiger partial charge in [-0.3, -0.25) is 4.90 Å². The number of likely N-dealkylation sites (tertiary alicyclic amines) is 1. The molecule has 15 heavy (non-hydrogen) atoms. The SMILES string of the molecule is CC1(C)CC(F)CN1Cc1ccccc1. The van der Waals surface area contributed by atoms with E-state index in [4.69, 9.17) is 0 Å². The van der Waals surface area contributed by atoms with Gasteiger partial charge in [-0.2, -0.15) is 0 Å². The van der Waals surface area contributed by atoms with Crippen molar-refractivity contribution in [2.75, 3.05) is 6.54 Å². The first-order valence-electron chi connectivity index (χ1n) is 5.51. The molecule has 82 valence electrons. The third-order valence-corrected chi connectivity index (χ3v) is 3.21. The fraction of sp³-hybridized carbons (Fsp3) is 0.538. The minimum atomic E-state index is -0.663. The van der Waals surface area contributed by atoms with Crippen LogP contribution in [0.3, 0.4) is 0 Å². The largest absolute Gasteiger partial charge is 0.291 e. The summed E-state index contributed by atoms with van der Waals surface area (Å²) in [7, 11) is 0. The van der Waals surface area contributed by atoms with Gasteiger partial charge in [-0.25, -0.2) is 4.39 Å². The molecular weight excluding hydrogens is 189 g/mol. The van der Waals surface area contributed by atoms with Gasteiger partial charge >= 0.3 is 0 Å². The van der Waals surface area contributed by atoms with E-state index >= 15 is 0 Å². The Hall–Kier alpha value is -0.890. The van der Waals surface area contributed by atoms with Crippen LogP contribution in [0.4, 0.5) is 4.39 Å². The molecule has 0 radical (unpaired) electrons. The van der Waals surface area contributed by atoms with Crippen LogP contribution in [0.15, 0.2) is 30.3 Å². The monoisotopic (exact) mass is 207 g/mol. The van der Waals surface area contributed by atoms with Crippen molar-refractivity contribution in [3.63, 3.8) is 0 Å². The Balaban J connectivity index is 2.07. The van der Waals surface area contributed by atoms with Crippen LogP contribution >= 0.6 is 0 Å². The summed E-state index contributed by atoms with van der Waals surface area (Å²) in [5.41, 5.74) is 1.26. The van der Waals surface area contributed by atoms with Crippen molar-refractivity contribution < 1.29 is 4.39 Å². The summed E-state index contributed by atoms with van der Waals surface area (Å²) in [6, 6.07) is 10.3. The van der Waals surface area contributed by atoms with Crippen LogP contribution < -0.4 is 0 Å². The number of halogens is 1. The Kier molecular flexibility index (Phi) is 2.79. The molecule has 0 aliphatic carbocycles. The predicted octanol–water partition coefficient (Wildman–Crippen LogP) is 3.01. The summed E-state index contributed by atoms with van der Waals surface area (Å²) in [6.45, 7) is 5.67. The molecule has 1 atom stereocenters. The van der Waals surface area contributed by atoms with E-state index in [-0.39, 0.29) is 5.54 Å². The second kappa shape index (κ2) is 3.93. The van der Waals surface area contributed by atoms with Crippen LogP contribution in [0.1, 0.15) is 25.8 Å². The average Bonchev–Trinajstić information content (AvgIpc) is 2.41. The van der Waals surface area contributed by atoms with E-state index in [2.05, 4.69) is 30.9 Å². The van der Waals surface area contributed by atoms with Crippen LogP contribution in [0.5, 0.6) is 0 Å². The summed E-state index contributed by atoms with van der Waals surface area (Å²) in [5, 5.41) is 0. The molecule has 0 aromatic heterocycles. The molecule has 1 saturated heterocycles. The van der Waals surface area contributed by atoms with Crippen LogP contribution in [0, 0.1) is 0 Å². The van der Waals surface area contributed by atoms with Crippen LogP contribution in [0.25, 0.3) is 0 Å². The first-order chi connectivity index (χ1) is 7.08. The fourth-order valence-electron chi connectivity index (χ4n) is 2.30. The Bertz CT molecular complexity index is 321. The van der Waals surface area contributed by atoms with Crippen molar-refractivity contribution in [3.8, 4) is 0 Å². The van der Waals surface area contributed by atoms with E-state index in [1.54, 1.807) is 0 Å². The molecule has 1 fully saturated rings. The molecule has 0 saturated carbocycles. The lowest BCUT2D eigenvalue weighted by atomic mass is 10.0. The Morgan fingerprint density at radius 2 is 2.00 bits per heavy atom. The van der Waals surface area contributed by atoms with Gasteiger partial charge in [-0.15, -0.1) is 0 Å². The molecule has 1 aromatic rings. The summed E-state index contributed by atoms with van der Waals surface area (Å²) < 4.78 is 13.3. The highest BCUT2D eigenvalue weighted by Gasteiger charge is 2.38. The van der Waals surface area contributed by atoms with Gasteiger partial charge in [0.1, 0.15) is 6.17 Å². The molecule has 2 heteroatoms. The standard InChI is InChI=1S/C13H18FN/c1-13(2)8-12(14)10-15(13)9-11-6-4-3-5-7-11/h3-7,12H,8-10H2,1-2H3. The lowest BCUT2D eigenvalue weighted by Gasteiger charge is -2.31. The quantitative estimate of drug-likeness (QED) is 0.720. The zero-order chi connectivity index (χ0) is 10.9. The molecule has 1 aliphatic rings. The number of hydrogen-bond donors (Lipinski definition) is 0. The number of rotatable bonds is 2. The maximum atomic E-state index is 13.3. The zero-order valence-corrected chi connectivity index (χ0v) is 9.41. The van der Waals surface area contributed by atoms with Gasteiger partial charge in [0.25, 0.3) is 0 Å². The highest BCUT2D eigenvalue weighted by atomic mass is 19.1. The second-order valence-electron chi connectivity index (χ2n) is 4.98. The number of nitrogens with zero attached hydrogens (tertiary/aromatic N) is 1. The summed E-state index contributed by atoms with van der Waals surface area (Å²) >= 11 is 0. The van der Waals surface area contributed by atoms with E-state index in [1.807, 2.05) is 18.2 Å². The van der Waals surface area contributed by atoms with Crippen molar-refractivity contribution in [3.05, 3.63) is 35.9 Å². The van der Waals surface area contributed by atoms with Gasteiger partial charge in [0.15, 0.2) is 0 Å². The van der Waals surface area contributed by atoms with Gasteiger partial charge in [0.05, 0.1) is 0 Å². The molecule has 0 amide bonds. The average molecular weight is 207 g/mol. The normalized spacial score (nSPS) is 25.7.